The van der Waals surface area contributed by atoms with Gasteiger partial charge in [0.25, 0.3) is 5.91 Å². The van der Waals surface area contributed by atoms with E-state index in [-0.39, 0.29) is 11.8 Å². The number of nitrogens with one attached hydrogen (secondary N) is 1. The lowest BCUT2D eigenvalue weighted by atomic mass is 9.96. The first kappa shape index (κ1) is 17.3. The van der Waals surface area contributed by atoms with Gasteiger partial charge in [-0.25, -0.2) is 4.98 Å². The number of para-hydroxylation sites is 1. The van der Waals surface area contributed by atoms with Crippen LogP contribution in [0.2, 0.25) is 0 Å². The topological polar surface area (TPSA) is 58.2 Å². The van der Waals surface area contributed by atoms with E-state index in [0.29, 0.717) is 24.5 Å². The zero-order chi connectivity index (χ0) is 18.5. The van der Waals surface area contributed by atoms with E-state index in [4.69, 9.17) is 4.74 Å². The molecule has 2 heterocycles. The summed E-state index contributed by atoms with van der Waals surface area (Å²) in [4.78, 5) is 22.6. The monoisotopic (exact) mass is 361 g/mol. The van der Waals surface area contributed by atoms with Crippen LogP contribution in [0.4, 0.5) is 0 Å². The number of ether oxygens (including phenoxy) is 1. The number of aromatic nitrogens is 2. The van der Waals surface area contributed by atoms with Crippen molar-refractivity contribution in [1.29, 1.82) is 0 Å². The lowest BCUT2D eigenvalue weighted by molar-refractivity contribution is 0.0700. The fourth-order valence-electron chi connectivity index (χ4n) is 3.56. The lowest BCUT2D eigenvalue weighted by Gasteiger charge is -2.32. The summed E-state index contributed by atoms with van der Waals surface area (Å²) in [6.45, 7) is 1.89. The molecule has 1 aliphatic rings. The van der Waals surface area contributed by atoms with E-state index in [0.717, 1.165) is 30.8 Å². The number of imidazole rings is 1. The Kier molecular flexibility index (Phi) is 5.19. The van der Waals surface area contributed by atoms with Crippen LogP contribution in [-0.2, 0) is 6.61 Å². The minimum absolute atomic E-state index is 0.0231. The number of hydrogen-bond acceptors (Lipinski definition) is 3. The van der Waals surface area contributed by atoms with Crippen molar-refractivity contribution in [3.8, 4) is 5.75 Å². The van der Waals surface area contributed by atoms with E-state index < -0.39 is 0 Å². The van der Waals surface area contributed by atoms with Crippen LogP contribution in [0.3, 0.4) is 0 Å². The molecule has 2 aromatic carbocycles. The first-order valence-electron chi connectivity index (χ1n) is 9.35. The number of likely N-dealkylation sites (tertiary alicyclic amines) is 1. The third-order valence-corrected chi connectivity index (χ3v) is 4.97. The molecule has 3 aromatic rings. The molecule has 0 spiro atoms. The lowest BCUT2D eigenvalue weighted by Crippen LogP contribution is -2.39. The first-order chi connectivity index (χ1) is 13.3. The summed E-state index contributed by atoms with van der Waals surface area (Å²) in [6, 6.07) is 17.5. The van der Waals surface area contributed by atoms with Crippen LogP contribution in [0.25, 0.3) is 0 Å². The van der Waals surface area contributed by atoms with Gasteiger partial charge in [-0.2, -0.15) is 0 Å². The maximum Gasteiger partial charge on any atom is 0.257 e. The smallest absolute Gasteiger partial charge is 0.257 e. The van der Waals surface area contributed by atoms with E-state index >= 15 is 0 Å². The maximum absolute atomic E-state index is 13.2. The summed E-state index contributed by atoms with van der Waals surface area (Å²) in [5.74, 6) is 1.87. The molecular weight excluding hydrogens is 338 g/mol. The van der Waals surface area contributed by atoms with E-state index in [2.05, 4.69) is 9.97 Å². The van der Waals surface area contributed by atoms with Gasteiger partial charge in [0.1, 0.15) is 18.2 Å². The number of piperidine rings is 1. The summed E-state index contributed by atoms with van der Waals surface area (Å²) in [5.41, 5.74) is 1.70. The van der Waals surface area contributed by atoms with Crippen molar-refractivity contribution in [3.63, 3.8) is 0 Å². The van der Waals surface area contributed by atoms with Gasteiger partial charge in [0.05, 0.1) is 5.56 Å². The van der Waals surface area contributed by atoms with Gasteiger partial charge >= 0.3 is 0 Å². The highest BCUT2D eigenvalue weighted by Crippen LogP contribution is 2.28. The van der Waals surface area contributed by atoms with Gasteiger partial charge in [0.2, 0.25) is 0 Å². The number of hydrogen-bond donors (Lipinski definition) is 1. The molecule has 1 saturated heterocycles. The number of rotatable bonds is 5. The van der Waals surface area contributed by atoms with Crippen molar-refractivity contribution in [1.82, 2.24) is 14.9 Å². The Morgan fingerprint density at radius 1 is 1.15 bits per heavy atom. The number of amides is 1. The van der Waals surface area contributed by atoms with Gasteiger partial charge in [-0.3, -0.25) is 4.79 Å². The molecule has 4 rings (SSSR count). The second-order valence-corrected chi connectivity index (χ2v) is 6.84. The number of H-pyrrole nitrogens is 1. The van der Waals surface area contributed by atoms with Crippen LogP contribution < -0.4 is 4.74 Å². The first-order valence-corrected chi connectivity index (χ1v) is 9.35. The molecule has 5 heteroatoms. The molecule has 0 aliphatic carbocycles. The molecule has 27 heavy (non-hydrogen) atoms. The highest BCUT2D eigenvalue weighted by molar-refractivity contribution is 5.97. The van der Waals surface area contributed by atoms with Crippen molar-refractivity contribution in [3.05, 3.63) is 83.9 Å². The van der Waals surface area contributed by atoms with Crippen molar-refractivity contribution in [2.24, 2.45) is 0 Å². The third-order valence-electron chi connectivity index (χ3n) is 4.97. The Hall–Kier alpha value is -3.08. The highest BCUT2D eigenvalue weighted by atomic mass is 16.5. The summed E-state index contributed by atoms with van der Waals surface area (Å²) in [5, 5.41) is 0. The quantitative estimate of drug-likeness (QED) is 0.747. The summed E-state index contributed by atoms with van der Waals surface area (Å²) in [6.07, 6.45) is 5.62. The Balaban J connectivity index is 1.48. The Morgan fingerprint density at radius 2 is 1.96 bits per heavy atom. The van der Waals surface area contributed by atoms with Crippen LogP contribution in [0.1, 0.15) is 40.5 Å². The molecule has 1 N–H and O–H groups in total. The second-order valence-electron chi connectivity index (χ2n) is 6.84. The van der Waals surface area contributed by atoms with Crippen LogP contribution in [0, 0.1) is 0 Å². The predicted molar refractivity (Wildman–Crippen MR) is 104 cm³/mol. The second kappa shape index (κ2) is 8.08. The predicted octanol–water partition coefficient (Wildman–Crippen LogP) is 4.01. The molecule has 0 radical (unpaired) electrons. The normalized spacial score (nSPS) is 16.9. The third kappa shape index (κ3) is 4.03. The summed E-state index contributed by atoms with van der Waals surface area (Å²) < 4.78 is 5.97. The average Bonchev–Trinajstić information content (AvgIpc) is 3.28. The fraction of sp³-hybridized carbons (Fsp3) is 0.273. The van der Waals surface area contributed by atoms with Gasteiger partial charge in [0.15, 0.2) is 0 Å². The van der Waals surface area contributed by atoms with Gasteiger partial charge in [-0.1, -0.05) is 42.5 Å². The maximum atomic E-state index is 13.2. The molecule has 5 nitrogen and oxygen atoms in total. The molecule has 138 valence electrons. The Morgan fingerprint density at radius 3 is 2.78 bits per heavy atom. The molecular formula is C22H23N3O2. The van der Waals surface area contributed by atoms with E-state index in [1.165, 1.54) is 0 Å². The number of benzene rings is 2. The zero-order valence-corrected chi connectivity index (χ0v) is 15.2. The van der Waals surface area contributed by atoms with Crippen LogP contribution in [-0.4, -0.2) is 33.9 Å². The van der Waals surface area contributed by atoms with E-state index in [9.17, 15) is 4.79 Å². The van der Waals surface area contributed by atoms with E-state index in [1.54, 1.807) is 6.20 Å². The van der Waals surface area contributed by atoms with Crippen LogP contribution in [0.5, 0.6) is 5.75 Å². The largest absolute Gasteiger partial charge is 0.488 e. The highest BCUT2D eigenvalue weighted by Gasteiger charge is 2.28. The van der Waals surface area contributed by atoms with Crippen LogP contribution >= 0.6 is 0 Å². The molecule has 1 aliphatic heterocycles. The molecule has 0 saturated carbocycles. The SMILES string of the molecule is O=C(c1ccccc1OCc1ccccc1)N1CCCC(c2ncc[nH]2)C1. The van der Waals surface area contributed by atoms with Crippen molar-refractivity contribution < 1.29 is 9.53 Å². The van der Waals surface area contributed by atoms with E-state index in [1.807, 2.05) is 65.7 Å². The minimum atomic E-state index is 0.0231. The molecule has 1 fully saturated rings. The number of carbonyl (C=O) groups excluding carboxylic acids is 1. The van der Waals surface area contributed by atoms with Gasteiger partial charge in [0, 0.05) is 31.4 Å². The van der Waals surface area contributed by atoms with Crippen LogP contribution in [0.15, 0.2) is 67.0 Å². The van der Waals surface area contributed by atoms with Gasteiger partial charge < -0.3 is 14.6 Å². The summed E-state index contributed by atoms with van der Waals surface area (Å²) in [7, 11) is 0. The minimum Gasteiger partial charge on any atom is -0.488 e. The van der Waals surface area contributed by atoms with Gasteiger partial charge in [-0.05, 0) is 30.5 Å². The summed E-state index contributed by atoms with van der Waals surface area (Å²) >= 11 is 0. The number of carbonyl (C=O) groups is 1. The molecule has 0 bridgehead atoms. The van der Waals surface area contributed by atoms with Crippen molar-refractivity contribution in [2.75, 3.05) is 13.1 Å². The standard InChI is InChI=1S/C22H23N3O2/c26-22(25-14-6-9-18(15-25)21-23-12-13-24-21)19-10-4-5-11-20(19)27-16-17-7-2-1-3-8-17/h1-5,7-8,10-13,18H,6,9,14-16H2,(H,23,24). The van der Waals surface area contributed by atoms with Crippen molar-refractivity contribution >= 4 is 5.91 Å². The Labute approximate surface area is 159 Å². The van der Waals surface area contributed by atoms with Gasteiger partial charge in [-0.15, -0.1) is 0 Å². The molecule has 1 amide bonds. The molecule has 1 aromatic heterocycles. The molecule has 1 atom stereocenters. The Bertz CT molecular complexity index is 878. The number of nitrogens with zero attached hydrogens (tertiary/aromatic N) is 2. The average molecular weight is 361 g/mol. The zero-order valence-electron chi connectivity index (χ0n) is 15.2. The fourth-order valence-corrected chi connectivity index (χ4v) is 3.56. The van der Waals surface area contributed by atoms with Crippen molar-refractivity contribution in [2.45, 2.75) is 25.4 Å². The number of aromatic amines is 1. The molecule has 1 unspecified atom stereocenters.